The van der Waals surface area contributed by atoms with E-state index in [1.54, 1.807) is 29.1 Å². The number of benzene rings is 1. The minimum atomic E-state index is -0.975. The number of halogens is 1. The zero-order chi connectivity index (χ0) is 16.8. The zero-order valence-corrected chi connectivity index (χ0v) is 14.3. The quantitative estimate of drug-likeness (QED) is 0.774. The van der Waals surface area contributed by atoms with Gasteiger partial charge in [0.2, 0.25) is 0 Å². The lowest BCUT2D eigenvalue weighted by Gasteiger charge is -2.17. The second-order valence-corrected chi connectivity index (χ2v) is 6.09. The summed E-state index contributed by atoms with van der Waals surface area (Å²) in [5.74, 6) is -1.31. The van der Waals surface area contributed by atoms with Gasteiger partial charge in [-0.15, -0.1) is 0 Å². The maximum Gasteiger partial charge on any atom is 0.305 e. The number of hydrogen-bond donors (Lipinski definition) is 2. The molecule has 6 nitrogen and oxygen atoms in total. The SMILES string of the molecule is CCCn1cc(C(=O)NC(CC(=O)O)c2cccc(Br)c2)cn1. The standard InChI is InChI=1S/C16H18BrN3O3/c1-2-6-20-10-12(9-18-20)16(23)19-14(8-15(21)22)11-4-3-5-13(17)7-11/h3-5,7,9-10,14H,2,6,8H2,1H3,(H,19,23)(H,21,22). The van der Waals surface area contributed by atoms with Crippen molar-refractivity contribution in [3.63, 3.8) is 0 Å². The third-order valence-electron chi connectivity index (χ3n) is 3.28. The highest BCUT2D eigenvalue weighted by Crippen LogP contribution is 2.21. The van der Waals surface area contributed by atoms with Gasteiger partial charge in [-0.05, 0) is 24.1 Å². The molecule has 1 aromatic carbocycles. The number of carboxylic acid groups (broad SMARTS) is 1. The maximum absolute atomic E-state index is 12.3. The Morgan fingerprint density at radius 3 is 2.87 bits per heavy atom. The summed E-state index contributed by atoms with van der Waals surface area (Å²) >= 11 is 3.35. The van der Waals surface area contributed by atoms with Crippen LogP contribution in [0.4, 0.5) is 0 Å². The van der Waals surface area contributed by atoms with Crippen LogP contribution in [0.5, 0.6) is 0 Å². The first-order chi connectivity index (χ1) is 11.0. The number of hydrogen-bond acceptors (Lipinski definition) is 3. The number of rotatable bonds is 7. The molecule has 1 unspecified atom stereocenters. The highest BCUT2D eigenvalue weighted by atomic mass is 79.9. The van der Waals surface area contributed by atoms with Crippen LogP contribution in [0.25, 0.3) is 0 Å². The fourth-order valence-corrected chi connectivity index (χ4v) is 2.64. The van der Waals surface area contributed by atoms with Gasteiger partial charge in [0.25, 0.3) is 5.91 Å². The van der Waals surface area contributed by atoms with E-state index in [0.717, 1.165) is 23.0 Å². The van der Waals surface area contributed by atoms with E-state index in [4.69, 9.17) is 5.11 Å². The van der Waals surface area contributed by atoms with E-state index in [2.05, 4.69) is 26.3 Å². The summed E-state index contributed by atoms with van der Waals surface area (Å²) in [5.41, 5.74) is 1.15. The van der Waals surface area contributed by atoms with Crippen molar-refractivity contribution in [1.82, 2.24) is 15.1 Å². The van der Waals surface area contributed by atoms with Gasteiger partial charge in [0.15, 0.2) is 0 Å². The topological polar surface area (TPSA) is 84.2 Å². The molecule has 122 valence electrons. The Bertz CT molecular complexity index is 699. The first kappa shape index (κ1) is 17.2. The molecule has 23 heavy (non-hydrogen) atoms. The molecule has 0 radical (unpaired) electrons. The van der Waals surface area contributed by atoms with Gasteiger partial charge in [0.05, 0.1) is 24.2 Å². The number of amides is 1. The van der Waals surface area contributed by atoms with Crippen LogP contribution in [-0.4, -0.2) is 26.8 Å². The first-order valence-corrected chi connectivity index (χ1v) is 8.09. The van der Waals surface area contributed by atoms with Gasteiger partial charge in [-0.2, -0.15) is 5.10 Å². The van der Waals surface area contributed by atoms with E-state index in [1.807, 2.05) is 13.0 Å². The van der Waals surface area contributed by atoms with Crippen LogP contribution in [0, 0.1) is 0 Å². The van der Waals surface area contributed by atoms with E-state index >= 15 is 0 Å². The molecule has 0 spiro atoms. The van der Waals surface area contributed by atoms with Crippen LogP contribution in [0.15, 0.2) is 41.1 Å². The Labute approximate surface area is 142 Å². The first-order valence-electron chi connectivity index (χ1n) is 7.30. The van der Waals surface area contributed by atoms with Crippen molar-refractivity contribution in [3.05, 3.63) is 52.3 Å². The summed E-state index contributed by atoms with van der Waals surface area (Å²) in [6.45, 7) is 2.76. The van der Waals surface area contributed by atoms with E-state index in [-0.39, 0.29) is 12.3 Å². The largest absolute Gasteiger partial charge is 0.481 e. The van der Waals surface area contributed by atoms with Crippen molar-refractivity contribution in [1.29, 1.82) is 0 Å². The molecule has 1 aromatic heterocycles. The molecule has 2 aromatic rings. The van der Waals surface area contributed by atoms with Crippen LogP contribution in [0.1, 0.15) is 41.7 Å². The van der Waals surface area contributed by atoms with Gasteiger partial charge < -0.3 is 10.4 Å². The molecule has 1 heterocycles. The Kier molecular flexibility index (Phi) is 5.92. The van der Waals surface area contributed by atoms with Crippen molar-refractivity contribution in [2.75, 3.05) is 0 Å². The van der Waals surface area contributed by atoms with Crippen LogP contribution in [0.2, 0.25) is 0 Å². The van der Waals surface area contributed by atoms with Crippen LogP contribution < -0.4 is 5.32 Å². The number of carboxylic acids is 1. The molecule has 0 fully saturated rings. The summed E-state index contributed by atoms with van der Waals surface area (Å²) in [6.07, 6.45) is 3.88. The van der Waals surface area contributed by atoms with Crippen molar-refractivity contribution in [3.8, 4) is 0 Å². The molecule has 0 saturated heterocycles. The molecule has 1 amide bonds. The van der Waals surface area contributed by atoms with Gasteiger partial charge in [0.1, 0.15) is 0 Å². The second kappa shape index (κ2) is 7.92. The average Bonchev–Trinajstić information content (AvgIpc) is 2.95. The smallest absolute Gasteiger partial charge is 0.305 e. The lowest BCUT2D eigenvalue weighted by Crippen LogP contribution is -2.30. The highest BCUT2D eigenvalue weighted by Gasteiger charge is 2.20. The minimum Gasteiger partial charge on any atom is -0.481 e. The van der Waals surface area contributed by atoms with Crippen LogP contribution >= 0.6 is 15.9 Å². The minimum absolute atomic E-state index is 0.189. The Morgan fingerprint density at radius 2 is 2.22 bits per heavy atom. The number of aliphatic carboxylic acids is 1. The third kappa shape index (κ3) is 4.92. The van der Waals surface area contributed by atoms with Gasteiger partial charge in [-0.25, -0.2) is 0 Å². The molecular formula is C16H18BrN3O3. The monoisotopic (exact) mass is 379 g/mol. The van der Waals surface area contributed by atoms with Crippen molar-refractivity contribution >= 4 is 27.8 Å². The summed E-state index contributed by atoms with van der Waals surface area (Å²) in [4.78, 5) is 23.4. The van der Waals surface area contributed by atoms with E-state index in [0.29, 0.717) is 5.56 Å². The summed E-state index contributed by atoms with van der Waals surface area (Å²) < 4.78 is 2.52. The lowest BCUT2D eigenvalue weighted by molar-refractivity contribution is -0.137. The van der Waals surface area contributed by atoms with E-state index < -0.39 is 12.0 Å². The number of aryl methyl sites for hydroxylation is 1. The van der Waals surface area contributed by atoms with E-state index in [9.17, 15) is 9.59 Å². The second-order valence-electron chi connectivity index (χ2n) is 5.17. The van der Waals surface area contributed by atoms with Gasteiger partial charge in [0, 0.05) is 17.2 Å². The van der Waals surface area contributed by atoms with Gasteiger partial charge >= 0.3 is 5.97 Å². The van der Waals surface area contributed by atoms with E-state index in [1.165, 1.54) is 6.20 Å². The summed E-state index contributed by atoms with van der Waals surface area (Å²) in [6, 6.07) is 6.64. The maximum atomic E-state index is 12.3. The highest BCUT2D eigenvalue weighted by molar-refractivity contribution is 9.10. The number of carbonyl (C=O) groups is 2. The van der Waals surface area contributed by atoms with Crippen molar-refractivity contribution < 1.29 is 14.7 Å². The molecule has 7 heteroatoms. The predicted octanol–water partition coefficient (Wildman–Crippen LogP) is 3.00. The Hall–Kier alpha value is -2.15. The number of aromatic nitrogens is 2. The molecule has 0 bridgehead atoms. The molecule has 0 aliphatic rings. The number of nitrogens with zero attached hydrogens (tertiary/aromatic N) is 2. The van der Waals surface area contributed by atoms with Gasteiger partial charge in [-0.3, -0.25) is 14.3 Å². The third-order valence-corrected chi connectivity index (χ3v) is 3.78. The average molecular weight is 380 g/mol. The lowest BCUT2D eigenvalue weighted by atomic mass is 10.0. The normalized spacial score (nSPS) is 11.9. The molecule has 1 atom stereocenters. The fraction of sp³-hybridized carbons (Fsp3) is 0.312. The van der Waals surface area contributed by atoms with Crippen LogP contribution in [0.3, 0.4) is 0 Å². The number of carbonyl (C=O) groups excluding carboxylic acids is 1. The molecule has 0 saturated carbocycles. The Morgan fingerprint density at radius 1 is 1.43 bits per heavy atom. The summed E-state index contributed by atoms with van der Waals surface area (Å²) in [7, 11) is 0. The van der Waals surface area contributed by atoms with Crippen LogP contribution in [-0.2, 0) is 11.3 Å². The Balaban J connectivity index is 2.16. The zero-order valence-electron chi connectivity index (χ0n) is 12.7. The molecular weight excluding hydrogens is 362 g/mol. The van der Waals surface area contributed by atoms with Crippen molar-refractivity contribution in [2.45, 2.75) is 32.4 Å². The molecule has 0 aliphatic carbocycles. The predicted molar refractivity (Wildman–Crippen MR) is 89.1 cm³/mol. The fourth-order valence-electron chi connectivity index (χ4n) is 2.22. The van der Waals surface area contributed by atoms with Crippen molar-refractivity contribution in [2.24, 2.45) is 0 Å². The molecule has 2 rings (SSSR count). The number of nitrogens with one attached hydrogen (secondary N) is 1. The molecule has 0 aliphatic heterocycles. The summed E-state index contributed by atoms with van der Waals surface area (Å²) in [5, 5.41) is 16.0. The van der Waals surface area contributed by atoms with Gasteiger partial charge in [-0.1, -0.05) is 35.0 Å². The molecule has 2 N–H and O–H groups in total.